The summed E-state index contributed by atoms with van der Waals surface area (Å²) in [6.07, 6.45) is 16.2. The van der Waals surface area contributed by atoms with Crippen LogP contribution in [0.15, 0.2) is 0 Å². The van der Waals surface area contributed by atoms with Crippen molar-refractivity contribution in [3.8, 4) is 0 Å². The molecule has 0 aromatic heterocycles. The van der Waals surface area contributed by atoms with E-state index in [1.54, 1.807) is 0 Å². The quantitative estimate of drug-likeness (QED) is 0.370. The first kappa shape index (κ1) is 16.0. The first-order valence-corrected chi connectivity index (χ1v) is 8.26. The molecule has 0 amide bonds. The zero-order chi connectivity index (χ0) is 12.9. The van der Waals surface area contributed by atoms with Crippen LogP contribution in [-0.4, -0.2) is 25.8 Å². The lowest BCUT2D eigenvalue weighted by Gasteiger charge is -2.03. The van der Waals surface area contributed by atoms with Gasteiger partial charge in [0.1, 0.15) is 0 Å². The number of nitrogens with one attached hydrogen (secondary N) is 1. The van der Waals surface area contributed by atoms with Crippen LogP contribution in [0.2, 0.25) is 0 Å². The van der Waals surface area contributed by atoms with Gasteiger partial charge in [-0.25, -0.2) is 0 Å². The lowest BCUT2D eigenvalue weighted by Crippen LogP contribution is -2.20. The fourth-order valence-electron chi connectivity index (χ4n) is 2.36. The highest BCUT2D eigenvalue weighted by Gasteiger charge is 2.20. The molecule has 0 aromatic carbocycles. The molecule has 2 heteroatoms. The highest BCUT2D eigenvalue weighted by atomic mass is 16.6. The average Bonchev–Trinajstić information content (AvgIpc) is 3.19. The van der Waals surface area contributed by atoms with Gasteiger partial charge in [0.2, 0.25) is 0 Å². The summed E-state index contributed by atoms with van der Waals surface area (Å²) in [6, 6.07) is 0. The molecule has 18 heavy (non-hydrogen) atoms. The van der Waals surface area contributed by atoms with E-state index in [1.165, 1.54) is 77.2 Å². The van der Waals surface area contributed by atoms with Crippen molar-refractivity contribution in [1.29, 1.82) is 0 Å². The summed E-state index contributed by atoms with van der Waals surface area (Å²) in [5.74, 6) is 0. The van der Waals surface area contributed by atoms with Gasteiger partial charge in [-0.15, -0.1) is 0 Å². The summed E-state index contributed by atoms with van der Waals surface area (Å²) < 4.78 is 5.15. The molecule has 1 fully saturated rings. The predicted octanol–water partition coefficient (Wildman–Crippen LogP) is 4.29. The lowest BCUT2D eigenvalue weighted by molar-refractivity contribution is 0.395. The maximum atomic E-state index is 5.15. The molecule has 1 atom stereocenters. The molecular weight excluding hydrogens is 222 g/mol. The second kappa shape index (κ2) is 12.0. The molecule has 1 aliphatic heterocycles. The highest BCUT2D eigenvalue weighted by molar-refractivity contribution is 4.71. The second-order valence-electron chi connectivity index (χ2n) is 5.69. The Morgan fingerprint density at radius 1 is 0.833 bits per heavy atom. The van der Waals surface area contributed by atoms with Crippen LogP contribution in [0.3, 0.4) is 0 Å². The van der Waals surface area contributed by atoms with Crippen LogP contribution in [0, 0.1) is 0 Å². The van der Waals surface area contributed by atoms with Gasteiger partial charge in [0.25, 0.3) is 0 Å². The van der Waals surface area contributed by atoms with Crippen molar-refractivity contribution in [2.24, 2.45) is 0 Å². The van der Waals surface area contributed by atoms with Crippen molar-refractivity contribution >= 4 is 0 Å². The fourth-order valence-corrected chi connectivity index (χ4v) is 2.36. The van der Waals surface area contributed by atoms with E-state index in [0.29, 0.717) is 6.10 Å². The van der Waals surface area contributed by atoms with E-state index < -0.39 is 0 Å². The molecule has 1 unspecified atom stereocenters. The minimum Gasteiger partial charge on any atom is -0.372 e. The summed E-state index contributed by atoms with van der Waals surface area (Å²) in [5, 5.41) is 3.45. The van der Waals surface area contributed by atoms with Crippen molar-refractivity contribution in [3.05, 3.63) is 0 Å². The molecule has 0 spiro atoms. The standard InChI is InChI=1S/C16H33NO/c1-2-3-4-5-6-7-8-9-10-11-12-13-17-14-16-15-18-16/h16-17H,2-15H2,1H3. The van der Waals surface area contributed by atoms with Crippen LogP contribution in [0.1, 0.15) is 77.6 Å². The average molecular weight is 255 g/mol. The van der Waals surface area contributed by atoms with E-state index in [4.69, 9.17) is 4.74 Å². The lowest BCUT2D eigenvalue weighted by atomic mass is 10.1. The van der Waals surface area contributed by atoms with E-state index in [0.717, 1.165) is 13.2 Å². The summed E-state index contributed by atoms with van der Waals surface area (Å²) in [6.45, 7) is 5.51. The largest absolute Gasteiger partial charge is 0.372 e. The fraction of sp³-hybridized carbons (Fsp3) is 1.00. The third kappa shape index (κ3) is 11.0. The molecule has 1 heterocycles. The summed E-state index contributed by atoms with van der Waals surface area (Å²) in [7, 11) is 0. The molecule has 0 bridgehead atoms. The van der Waals surface area contributed by atoms with Crippen molar-refractivity contribution in [1.82, 2.24) is 5.32 Å². The number of unbranched alkanes of at least 4 members (excludes halogenated alkanes) is 10. The van der Waals surface area contributed by atoms with E-state index in [1.807, 2.05) is 0 Å². The van der Waals surface area contributed by atoms with Gasteiger partial charge in [-0.05, 0) is 13.0 Å². The Bertz CT molecular complexity index is 168. The zero-order valence-electron chi connectivity index (χ0n) is 12.4. The molecule has 2 nitrogen and oxygen atoms in total. The van der Waals surface area contributed by atoms with Crippen LogP contribution in [0.5, 0.6) is 0 Å². The number of hydrogen-bond acceptors (Lipinski definition) is 2. The summed E-state index contributed by atoms with van der Waals surface area (Å²) in [5.41, 5.74) is 0. The number of rotatable bonds is 14. The van der Waals surface area contributed by atoms with Crippen molar-refractivity contribution in [2.45, 2.75) is 83.7 Å². The van der Waals surface area contributed by atoms with Crippen molar-refractivity contribution in [2.75, 3.05) is 19.7 Å². The van der Waals surface area contributed by atoms with Gasteiger partial charge in [0.05, 0.1) is 12.7 Å². The smallest absolute Gasteiger partial charge is 0.0933 e. The van der Waals surface area contributed by atoms with E-state index in [-0.39, 0.29) is 0 Å². The summed E-state index contributed by atoms with van der Waals surface area (Å²) in [4.78, 5) is 0. The Balaban J connectivity index is 1.60. The second-order valence-corrected chi connectivity index (χ2v) is 5.69. The SMILES string of the molecule is CCCCCCCCCCCCCNCC1CO1. The van der Waals surface area contributed by atoms with Crippen LogP contribution >= 0.6 is 0 Å². The molecule has 1 aliphatic rings. The Kier molecular flexibility index (Phi) is 10.6. The van der Waals surface area contributed by atoms with Gasteiger partial charge < -0.3 is 10.1 Å². The van der Waals surface area contributed by atoms with Gasteiger partial charge in [-0.1, -0.05) is 71.1 Å². The molecule has 0 saturated carbocycles. The monoisotopic (exact) mass is 255 g/mol. The highest BCUT2D eigenvalue weighted by Crippen LogP contribution is 2.11. The Hall–Kier alpha value is -0.0800. The van der Waals surface area contributed by atoms with Gasteiger partial charge in [0, 0.05) is 6.54 Å². The topological polar surface area (TPSA) is 24.6 Å². The molecule has 0 aromatic rings. The van der Waals surface area contributed by atoms with Gasteiger partial charge in [-0.3, -0.25) is 0 Å². The zero-order valence-corrected chi connectivity index (χ0v) is 12.4. The van der Waals surface area contributed by atoms with E-state index in [9.17, 15) is 0 Å². The molecule has 108 valence electrons. The third-order valence-corrected chi connectivity index (χ3v) is 3.73. The maximum Gasteiger partial charge on any atom is 0.0933 e. The number of ether oxygens (including phenoxy) is 1. The van der Waals surface area contributed by atoms with Crippen LogP contribution in [-0.2, 0) is 4.74 Å². The normalized spacial score (nSPS) is 18.2. The molecule has 1 rings (SSSR count). The Morgan fingerprint density at radius 2 is 1.33 bits per heavy atom. The first-order valence-electron chi connectivity index (χ1n) is 8.26. The third-order valence-electron chi connectivity index (χ3n) is 3.73. The van der Waals surface area contributed by atoms with Crippen molar-refractivity contribution in [3.63, 3.8) is 0 Å². The molecule has 1 N–H and O–H groups in total. The maximum absolute atomic E-state index is 5.15. The minimum absolute atomic E-state index is 0.540. The number of epoxide rings is 1. The Morgan fingerprint density at radius 3 is 1.83 bits per heavy atom. The molecule has 0 aliphatic carbocycles. The van der Waals surface area contributed by atoms with Crippen LogP contribution in [0.25, 0.3) is 0 Å². The minimum atomic E-state index is 0.540. The van der Waals surface area contributed by atoms with E-state index >= 15 is 0 Å². The van der Waals surface area contributed by atoms with Gasteiger partial charge in [0.15, 0.2) is 0 Å². The van der Waals surface area contributed by atoms with E-state index in [2.05, 4.69) is 12.2 Å². The first-order chi connectivity index (χ1) is 8.93. The molecular formula is C16H33NO. The number of hydrogen-bond donors (Lipinski definition) is 1. The molecule has 1 saturated heterocycles. The van der Waals surface area contributed by atoms with Crippen LogP contribution < -0.4 is 5.32 Å². The van der Waals surface area contributed by atoms with Crippen molar-refractivity contribution < 1.29 is 4.74 Å². The summed E-state index contributed by atoms with van der Waals surface area (Å²) >= 11 is 0. The Labute approximate surface area is 114 Å². The van der Waals surface area contributed by atoms with Gasteiger partial charge >= 0.3 is 0 Å². The predicted molar refractivity (Wildman–Crippen MR) is 79.1 cm³/mol. The molecule has 0 radical (unpaired) electrons. The van der Waals surface area contributed by atoms with Gasteiger partial charge in [-0.2, -0.15) is 0 Å². The van der Waals surface area contributed by atoms with Crippen LogP contribution in [0.4, 0.5) is 0 Å².